The number of rotatable bonds is 2. The smallest absolute Gasteiger partial charge is 0.253 e. The Labute approximate surface area is 113 Å². The van der Waals surface area contributed by atoms with Gasteiger partial charge in [-0.25, -0.2) is 0 Å². The van der Waals surface area contributed by atoms with Crippen LogP contribution in [0.2, 0.25) is 0 Å². The van der Waals surface area contributed by atoms with E-state index in [1.807, 2.05) is 18.2 Å². The third kappa shape index (κ3) is 2.80. The summed E-state index contributed by atoms with van der Waals surface area (Å²) < 4.78 is 5.68. The minimum atomic E-state index is -0.431. The number of fused-ring (bicyclic) bond motifs is 1. The average molecular weight is 260 g/mol. The minimum absolute atomic E-state index is 0.0130. The zero-order chi connectivity index (χ0) is 13.1. The second kappa shape index (κ2) is 5.72. The highest BCUT2D eigenvalue weighted by Crippen LogP contribution is 2.27. The van der Waals surface area contributed by atoms with Crippen molar-refractivity contribution in [2.75, 3.05) is 19.7 Å². The molecule has 1 atom stereocenters. The number of amides is 1. The summed E-state index contributed by atoms with van der Waals surface area (Å²) in [6, 6.07) is 8.36. The first-order chi connectivity index (χ1) is 9.34. The predicted molar refractivity (Wildman–Crippen MR) is 72.9 cm³/mol. The number of ether oxygens (including phenoxy) is 1. The number of carbonyl (C=O) groups is 1. The highest BCUT2D eigenvalue weighted by Gasteiger charge is 2.28. The van der Waals surface area contributed by atoms with Crippen molar-refractivity contribution in [3.05, 3.63) is 35.4 Å². The molecule has 4 nitrogen and oxygen atoms in total. The summed E-state index contributed by atoms with van der Waals surface area (Å²) in [5, 5.41) is 6.43. The van der Waals surface area contributed by atoms with Gasteiger partial charge in [0.25, 0.3) is 5.91 Å². The van der Waals surface area contributed by atoms with Crippen LogP contribution in [0.5, 0.6) is 0 Å². The lowest BCUT2D eigenvalue weighted by Gasteiger charge is -2.29. The molecule has 1 saturated heterocycles. The number of hydrogen-bond acceptors (Lipinski definition) is 3. The van der Waals surface area contributed by atoms with Gasteiger partial charge in [0.05, 0.1) is 6.61 Å². The van der Waals surface area contributed by atoms with Crippen molar-refractivity contribution in [2.24, 2.45) is 0 Å². The van der Waals surface area contributed by atoms with E-state index in [-0.39, 0.29) is 11.9 Å². The van der Waals surface area contributed by atoms with E-state index in [1.54, 1.807) is 0 Å². The van der Waals surface area contributed by atoms with Gasteiger partial charge in [0, 0.05) is 6.04 Å². The van der Waals surface area contributed by atoms with Crippen molar-refractivity contribution in [3.63, 3.8) is 0 Å². The monoisotopic (exact) mass is 260 g/mol. The number of piperidine rings is 1. The van der Waals surface area contributed by atoms with Crippen molar-refractivity contribution < 1.29 is 9.53 Å². The molecule has 0 saturated carbocycles. The van der Waals surface area contributed by atoms with Crippen LogP contribution in [-0.2, 0) is 16.0 Å². The quantitative estimate of drug-likeness (QED) is 0.839. The first-order valence-electron chi connectivity index (χ1n) is 7.05. The molecule has 2 aliphatic heterocycles. The van der Waals surface area contributed by atoms with Crippen LogP contribution in [0.1, 0.15) is 30.1 Å². The van der Waals surface area contributed by atoms with E-state index in [2.05, 4.69) is 16.7 Å². The molecule has 3 rings (SSSR count). The Kier molecular flexibility index (Phi) is 3.80. The number of benzene rings is 1. The van der Waals surface area contributed by atoms with Gasteiger partial charge in [-0.05, 0) is 43.5 Å². The standard InChI is InChI=1S/C15H20N2O2/c18-15(17-12-5-8-16-9-6-12)14-13-4-2-1-3-11(13)7-10-19-14/h1-4,12,14,16H,5-10H2,(H,17,18). The van der Waals surface area contributed by atoms with E-state index in [9.17, 15) is 4.79 Å². The largest absolute Gasteiger partial charge is 0.363 e. The Hall–Kier alpha value is -1.39. The van der Waals surface area contributed by atoms with E-state index in [0.717, 1.165) is 37.9 Å². The van der Waals surface area contributed by atoms with Gasteiger partial charge in [-0.2, -0.15) is 0 Å². The van der Waals surface area contributed by atoms with Gasteiger partial charge in [0.15, 0.2) is 6.10 Å². The maximum Gasteiger partial charge on any atom is 0.253 e. The Bertz CT molecular complexity index is 455. The molecule has 2 N–H and O–H groups in total. The fourth-order valence-corrected chi connectivity index (χ4v) is 2.85. The second-order valence-electron chi connectivity index (χ2n) is 5.23. The summed E-state index contributed by atoms with van der Waals surface area (Å²) in [5.41, 5.74) is 2.26. The Balaban J connectivity index is 1.70. The van der Waals surface area contributed by atoms with Gasteiger partial charge >= 0.3 is 0 Å². The molecular weight excluding hydrogens is 240 g/mol. The molecule has 1 unspecified atom stereocenters. The fourth-order valence-electron chi connectivity index (χ4n) is 2.85. The topological polar surface area (TPSA) is 50.4 Å². The molecule has 0 aromatic heterocycles. The Morgan fingerprint density at radius 1 is 1.26 bits per heavy atom. The Morgan fingerprint density at radius 3 is 2.89 bits per heavy atom. The lowest BCUT2D eigenvalue weighted by atomic mass is 9.96. The van der Waals surface area contributed by atoms with Crippen LogP contribution >= 0.6 is 0 Å². The SMILES string of the molecule is O=C(NC1CCNCC1)C1OCCc2ccccc21. The van der Waals surface area contributed by atoms with Crippen LogP contribution in [0.3, 0.4) is 0 Å². The van der Waals surface area contributed by atoms with Crippen LogP contribution in [0, 0.1) is 0 Å². The number of hydrogen-bond donors (Lipinski definition) is 2. The van der Waals surface area contributed by atoms with Crippen LogP contribution in [0.25, 0.3) is 0 Å². The summed E-state index contributed by atoms with van der Waals surface area (Å²) in [6.45, 7) is 2.58. The summed E-state index contributed by atoms with van der Waals surface area (Å²) >= 11 is 0. The molecule has 0 bridgehead atoms. The third-order valence-corrected chi connectivity index (χ3v) is 3.92. The van der Waals surface area contributed by atoms with Crippen molar-refractivity contribution in [1.82, 2.24) is 10.6 Å². The molecule has 1 aromatic carbocycles. The lowest BCUT2D eigenvalue weighted by molar-refractivity contribution is -0.135. The van der Waals surface area contributed by atoms with Crippen molar-refractivity contribution in [2.45, 2.75) is 31.4 Å². The molecular formula is C15H20N2O2. The van der Waals surface area contributed by atoms with E-state index in [4.69, 9.17) is 4.74 Å². The second-order valence-corrected chi connectivity index (χ2v) is 5.23. The molecule has 0 spiro atoms. The molecule has 1 fully saturated rings. The van der Waals surface area contributed by atoms with E-state index < -0.39 is 6.10 Å². The first-order valence-corrected chi connectivity index (χ1v) is 7.05. The van der Waals surface area contributed by atoms with Gasteiger partial charge < -0.3 is 15.4 Å². The van der Waals surface area contributed by atoms with Crippen LogP contribution < -0.4 is 10.6 Å². The summed E-state index contributed by atoms with van der Waals surface area (Å²) in [5.74, 6) is 0.0130. The van der Waals surface area contributed by atoms with Gasteiger partial charge in [-0.1, -0.05) is 24.3 Å². The highest BCUT2D eigenvalue weighted by molar-refractivity contribution is 5.83. The summed E-state index contributed by atoms with van der Waals surface area (Å²) in [4.78, 5) is 12.4. The molecule has 4 heteroatoms. The maximum absolute atomic E-state index is 12.4. The number of carbonyl (C=O) groups excluding carboxylic acids is 1. The zero-order valence-corrected chi connectivity index (χ0v) is 11.0. The molecule has 0 radical (unpaired) electrons. The predicted octanol–water partition coefficient (Wildman–Crippen LogP) is 1.17. The third-order valence-electron chi connectivity index (χ3n) is 3.92. The molecule has 2 aliphatic rings. The van der Waals surface area contributed by atoms with Crippen molar-refractivity contribution >= 4 is 5.91 Å². The van der Waals surface area contributed by atoms with E-state index in [0.29, 0.717) is 6.61 Å². The van der Waals surface area contributed by atoms with Crippen molar-refractivity contribution in [1.29, 1.82) is 0 Å². The van der Waals surface area contributed by atoms with Gasteiger partial charge in [0.2, 0.25) is 0 Å². The van der Waals surface area contributed by atoms with Gasteiger partial charge in [-0.3, -0.25) is 4.79 Å². The first kappa shape index (κ1) is 12.6. The average Bonchev–Trinajstić information content (AvgIpc) is 2.47. The summed E-state index contributed by atoms with van der Waals surface area (Å²) in [7, 11) is 0. The normalized spacial score (nSPS) is 23.7. The summed E-state index contributed by atoms with van der Waals surface area (Å²) in [6.07, 6.45) is 2.47. The van der Waals surface area contributed by atoms with E-state index >= 15 is 0 Å². The number of nitrogens with one attached hydrogen (secondary N) is 2. The van der Waals surface area contributed by atoms with E-state index in [1.165, 1.54) is 5.56 Å². The molecule has 0 aliphatic carbocycles. The fraction of sp³-hybridized carbons (Fsp3) is 0.533. The Morgan fingerprint density at radius 2 is 2.05 bits per heavy atom. The van der Waals surface area contributed by atoms with Gasteiger partial charge in [-0.15, -0.1) is 0 Å². The molecule has 102 valence electrons. The molecule has 2 heterocycles. The highest BCUT2D eigenvalue weighted by atomic mass is 16.5. The zero-order valence-electron chi connectivity index (χ0n) is 11.0. The van der Waals surface area contributed by atoms with Crippen LogP contribution in [-0.4, -0.2) is 31.6 Å². The van der Waals surface area contributed by atoms with Gasteiger partial charge in [0.1, 0.15) is 0 Å². The van der Waals surface area contributed by atoms with Crippen LogP contribution in [0.4, 0.5) is 0 Å². The molecule has 1 aromatic rings. The minimum Gasteiger partial charge on any atom is -0.363 e. The molecule has 1 amide bonds. The molecule has 19 heavy (non-hydrogen) atoms. The lowest BCUT2D eigenvalue weighted by Crippen LogP contribution is -2.45. The van der Waals surface area contributed by atoms with Crippen molar-refractivity contribution in [3.8, 4) is 0 Å². The maximum atomic E-state index is 12.4. The van der Waals surface area contributed by atoms with Crippen LogP contribution in [0.15, 0.2) is 24.3 Å².